The Kier molecular flexibility index (Phi) is 5.98. The monoisotopic (exact) mass is 436 g/mol. The summed E-state index contributed by atoms with van der Waals surface area (Å²) in [6.45, 7) is 4.99. The van der Waals surface area contributed by atoms with E-state index in [1.165, 1.54) is 6.20 Å². The highest BCUT2D eigenvalue weighted by atomic mass is 16.5. The number of methoxy groups -OCH3 is 1. The summed E-state index contributed by atoms with van der Waals surface area (Å²) in [5, 5.41) is 8.57. The quantitative estimate of drug-likeness (QED) is 0.595. The van der Waals surface area contributed by atoms with Gasteiger partial charge in [0.1, 0.15) is 11.6 Å². The third-order valence-electron chi connectivity index (χ3n) is 5.85. The molecule has 1 aliphatic heterocycles. The zero-order valence-electron chi connectivity index (χ0n) is 18.6. The molecule has 3 heterocycles. The van der Waals surface area contributed by atoms with Crippen molar-refractivity contribution in [2.75, 3.05) is 25.9 Å². The lowest BCUT2D eigenvalue weighted by Crippen LogP contribution is -2.42. The Morgan fingerprint density at radius 2 is 1.91 bits per heavy atom. The average Bonchev–Trinajstić information content (AvgIpc) is 3.46. The Hall–Kier alpha value is -3.62. The summed E-state index contributed by atoms with van der Waals surface area (Å²) in [5.74, 6) is 0.515. The molecule has 1 fully saturated rings. The normalized spacial score (nSPS) is 16.4. The van der Waals surface area contributed by atoms with Crippen LogP contribution in [0.25, 0.3) is 5.69 Å². The predicted molar refractivity (Wildman–Crippen MR) is 120 cm³/mol. The summed E-state index contributed by atoms with van der Waals surface area (Å²) < 4.78 is 8.48. The van der Waals surface area contributed by atoms with E-state index in [9.17, 15) is 9.59 Å². The molecule has 0 bridgehead atoms. The number of likely N-dealkylation sites (tertiary alicyclic amines) is 1. The van der Waals surface area contributed by atoms with Gasteiger partial charge in [-0.3, -0.25) is 14.3 Å². The molecule has 1 atom stereocenters. The summed E-state index contributed by atoms with van der Waals surface area (Å²) in [6, 6.07) is 7.45. The van der Waals surface area contributed by atoms with Gasteiger partial charge in [-0.15, -0.1) is 0 Å². The molecule has 0 aliphatic carbocycles. The van der Waals surface area contributed by atoms with Gasteiger partial charge in [-0.1, -0.05) is 0 Å². The van der Waals surface area contributed by atoms with Crippen LogP contribution in [0.5, 0.6) is 5.75 Å². The predicted octanol–water partition coefficient (Wildman–Crippen LogP) is 2.98. The smallest absolute Gasteiger partial charge is 0.257 e. The van der Waals surface area contributed by atoms with Gasteiger partial charge in [-0.05, 0) is 51.0 Å². The number of Topliss-reactive ketones (excluding diaryl/α,β-unsaturated/α-hetero) is 1. The van der Waals surface area contributed by atoms with Crippen molar-refractivity contribution in [3.05, 3.63) is 54.0 Å². The largest absolute Gasteiger partial charge is 0.497 e. The number of nitrogen functional groups attached to an aromatic ring is 1. The molecule has 1 unspecified atom stereocenters. The van der Waals surface area contributed by atoms with Crippen LogP contribution < -0.4 is 10.5 Å². The number of nitrogens with zero attached hydrogens (tertiary/aromatic N) is 5. The molecule has 168 valence electrons. The molecule has 2 N–H and O–H groups in total. The maximum atomic E-state index is 13.3. The SMILES string of the molecule is COc1ccc(-n2ncc(C(=O)C3CCCN(C(=O)c4cnn(C(C)C)c4)C3)c2N)cc1. The molecule has 4 rings (SSSR count). The zero-order chi connectivity index (χ0) is 22.8. The summed E-state index contributed by atoms with van der Waals surface area (Å²) in [7, 11) is 1.60. The molecule has 9 heteroatoms. The van der Waals surface area contributed by atoms with E-state index in [4.69, 9.17) is 10.5 Å². The van der Waals surface area contributed by atoms with Crippen LogP contribution in [0.2, 0.25) is 0 Å². The molecular weight excluding hydrogens is 408 g/mol. The first-order chi connectivity index (χ1) is 15.4. The second kappa shape index (κ2) is 8.86. The molecule has 9 nitrogen and oxygen atoms in total. The standard InChI is InChI=1S/C23H28N6O3/c1-15(2)28-14-17(11-25-28)23(31)27-10-4-5-16(13-27)21(30)20-12-26-29(22(20)24)18-6-8-19(32-3)9-7-18/h6-9,11-12,14-16H,4-5,10,13,24H2,1-3H3. The number of anilines is 1. The first-order valence-electron chi connectivity index (χ1n) is 10.7. The van der Waals surface area contributed by atoms with E-state index in [0.717, 1.165) is 17.9 Å². The van der Waals surface area contributed by atoms with Gasteiger partial charge >= 0.3 is 0 Å². The molecule has 32 heavy (non-hydrogen) atoms. The number of ether oxygens (including phenoxy) is 1. The van der Waals surface area contributed by atoms with E-state index in [-0.39, 0.29) is 23.7 Å². The Morgan fingerprint density at radius 3 is 2.56 bits per heavy atom. The van der Waals surface area contributed by atoms with Crippen molar-refractivity contribution in [3.63, 3.8) is 0 Å². The molecule has 1 aromatic carbocycles. The second-order valence-electron chi connectivity index (χ2n) is 8.31. The minimum absolute atomic E-state index is 0.0855. The van der Waals surface area contributed by atoms with Gasteiger partial charge in [0, 0.05) is 31.2 Å². The number of carbonyl (C=O) groups is 2. The lowest BCUT2D eigenvalue weighted by molar-refractivity contribution is 0.0637. The number of rotatable bonds is 6. The molecule has 0 spiro atoms. The van der Waals surface area contributed by atoms with Gasteiger partial charge < -0.3 is 15.4 Å². The fourth-order valence-electron chi connectivity index (χ4n) is 3.99. The van der Waals surface area contributed by atoms with Gasteiger partial charge in [0.25, 0.3) is 5.91 Å². The molecule has 3 aromatic rings. The molecule has 1 saturated heterocycles. The number of ketones is 1. The molecular formula is C23H28N6O3. The van der Waals surface area contributed by atoms with Crippen LogP contribution in [-0.4, -0.2) is 56.4 Å². The summed E-state index contributed by atoms with van der Waals surface area (Å²) in [5.41, 5.74) is 7.95. The number of nitrogens with two attached hydrogens (primary N) is 1. The number of aromatic nitrogens is 4. The minimum Gasteiger partial charge on any atom is -0.497 e. The van der Waals surface area contributed by atoms with Gasteiger partial charge in [-0.25, -0.2) is 4.68 Å². The van der Waals surface area contributed by atoms with E-state index < -0.39 is 0 Å². The van der Waals surface area contributed by atoms with Crippen molar-refractivity contribution in [1.82, 2.24) is 24.5 Å². The third kappa shape index (κ3) is 4.10. The molecule has 0 saturated carbocycles. The van der Waals surface area contributed by atoms with Crippen molar-refractivity contribution in [1.29, 1.82) is 0 Å². The second-order valence-corrected chi connectivity index (χ2v) is 8.31. The summed E-state index contributed by atoms with van der Waals surface area (Å²) >= 11 is 0. The van der Waals surface area contributed by atoms with Crippen molar-refractivity contribution in [2.24, 2.45) is 5.92 Å². The molecule has 0 radical (unpaired) electrons. The van der Waals surface area contributed by atoms with Crippen LogP contribution in [-0.2, 0) is 0 Å². The fraction of sp³-hybridized carbons (Fsp3) is 0.391. The van der Waals surface area contributed by atoms with Gasteiger partial charge in [-0.2, -0.15) is 10.2 Å². The molecule has 2 aromatic heterocycles. The average molecular weight is 437 g/mol. The topological polar surface area (TPSA) is 108 Å². The fourth-order valence-corrected chi connectivity index (χ4v) is 3.99. The Labute approximate surface area is 186 Å². The highest BCUT2D eigenvalue weighted by molar-refractivity contribution is 6.02. The number of amides is 1. The van der Waals surface area contributed by atoms with Crippen LogP contribution >= 0.6 is 0 Å². The van der Waals surface area contributed by atoms with Gasteiger partial charge in [0.2, 0.25) is 0 Å². The summed E-state index contributed by atoms with van der Waals surface area (Å²) in [6.07, 6.45) is 6.32. The number of hydrogen-bond acceptors (Lipinski definition) is 6. The lowest BCUT2D eigenvalue weighted by Gasteiger charge is -2.31. The first-order valence-corrected chi connectivity index (χ1v) is 10.7. The van der Waals surface area contributed by atoms with E-state index >= 15 is 0 Å². The van der Waals surface area contributed by atoms with Crippen LogP contribution in [0.1, 0.15) is 53.4 Å². The van der Waals surface area contributed by atoms with E-state index in [2.05, 4.69) is 10.2 Å². The van der Waals surface area contributed by atoms with E-state index in [1.54, 1.807) is 33.8 Å². The molecule has 1 aliphatic rings. The number of hydrogen-bond donors (Lipinski definition) is 1. The highest BCUT2D eigenvalue weighted by Crippen LogP contribution is 2.26. The van der Waals surface area contributed by atoms with Crippen molar-refractivity contribution in [3.8, 4) is 11.4 Å². The van der Waals surface area contributed by atoms with Crippen LogP contribution in [0.4, 0.5) is 5.82 Å². The van der Waals surface area contributed by atoms with E-state index in [1.807, 2.05) is 38.1 Å². The number of piperidine rings is 1. The van der Waals surface area contributed by atoms with Gasteiger partial charge in [0.05, 0.1) is 36.3 Å². The third-order valence-corrected chi connectivity index (χ3v) is 5.85. The zero-order valence-corrected chi connectivity index (χ0v) is 18.6. The number of carbonyl (C=O) groups excluding carboxylic acids is 2. The molecule has 1 amide bonds. The maximum Gasteiger partial charge on any atom is 0.257 e. The minimum atomic E-state index is -0.316. The Morgan fingerprint density at radius 1 is 1.16 bits per heavy atom. The van der Waals surface area contributed by atoms with E-state index in [0.29, 0.717) is 36.5 Å². The van der Waals surface area contributed by atoms with Crippen molar-refractivity contribution < 1.29 is 14.3 Å². The highest BCUT2D eigenvalue weighted by Gasteiger charge is 2.32. The Balaban J connectivity index is 1.49. The Bertz CT molecular complexity index is 1120. The van der Waals surface area contributed by atoms with Crippen LogP contribution in [0.15, 0.2) is 42.9 Å². The van der Waals surface area contributed by atoms with Crippen molar-refractivity contribution >= 4 is 17.5 Å². The maximum absolute atomic E-state index is 13.3. The lowest BCUT2D eigenvalue weighted by atomic mass is 9.90. The first kappa shape index (κ1) is 21.6. The van der Waals surface area contributed by atoms with Crippen LogP contribution in [0.3, 0.4) is 0 Å². The summed E-state index contributed by atoms with van der Waals surface area (Å²) in [4.78, 5) is 27.9. The number of benzene rings is 1. The van der Waals surface area contributed by atoms with Crippen LogP contribution in [0, 0.1) is 5.92 Å². The van der Waals surface area contributed by atoms with Gasteiger partial charge in [0.15, 0.2) is 5.78 Å². The van der Waals surface area contributed by atoms with Crippen molar-refractivity contribution in [2.45, 2.75) is 32.7 Å².